The number of anilines is 2. The highest BCUT2D eigenvalue weighted by Crippen LogP contribution is 2.29. The Kier molecular flexibility index (Phi) is 3.68. The van der Waals surface area contributed by atoms with E-state index in [1.54, 1.807) is 18.2 Å². The van der Waals surface area contributed by atoms with Gasteiger partial charge in [0.2, 0.25) is 0 Å². The van der Waals surface area contributed by atoms with Crippen molar-refractivity contribution in [2.24, 2.45) is 0 Å². The molecule has 19 heavy (non-hydrogen) atoms. The van der Waals surface area contributed by atoms with E-state index in [-0.39, 0.29) is 11.3 Å². The summed E-state index contributed by atoms with van der Waals surface area (Å²) in [6.45, 7) is 1.86. The average molecular weight is 279 g/mol. The van der Waals surface area contributed by atoms with Crippen LogP contribution in [0.2, 0.25) is 5.02 Å². The maximum absolute atomic E-state index is 13.7. The van der Waals surface area contributed by atoms with Crippen LogP contribution in [0.3, 0.4) is 0 Å². The first-order valence-corrected chi connectivity index (χ1v) is 5.82. The lowest BCUT2D eigenvalue weighted by molar-refractivity contribution is 0.509. The van der Waals surface area contributed by atoms with Gasteiger partial charge in [-0.1, -0.05) is 17.7 Å². The molecule has 5 heteroatoms. The van der Waals surface area contributed by atoms with Gasteiger partial charge in [0.25, 0.3) is 0 Å². The Hall–Kier alpha value is -2.12. The van der Waals surface area contributed by atoms with E-state index >= 15 is 0 Å². The van der Waals surface area contributed by atoms with E-state index < -0.39 is 11.6 Å². The molecule has 2 nitrogen and oxygen atoms in total. The maximum atomic E-state index is 13.7. The Labute approximate surface area is 114 Å². The fraction of sp³-hybridized carbons (Fsp3) is 0.0714. The highest BCUT2D eigenvalue weighted by atomic mass is 35.5. The molecule has 2 rings (SSSR count). The lowest BCUT2D eigenvalue weighted by Gasteiger charge is -2.11. The molecule has 0 bridgehead atoms. The number of hydrogen-bond acceptors (Lipinski definition) is 2. The van der Waals surface area contributed by atoms with Crippen LogP contribution in [0, 0.1) is 29.9 Å². The van der Waals surface area contributed by atoms with Crippen LogP contribution in [0.1, 0.15) is 11.1 Å². The summed E-state index contributed by atoms with van der Waals surface area (Å²) < 4.78 is 27.2. The monoisotopic (exact) mass is 278 g/mol. The van der Waals surface area contributed by atoms with Gasteiger partial charge in [0, 0.05) is 0 Å². The number of halogens is 3. The standard InChI is InChI=1S/C14H9ClF2N2/c1-8-2-4-10(15)12(6-8)19-11-5-3-9(7-18)13(16)14(11)17/h2-6,19H,1H3. The van der Waals surface area contributed by atoms with E-state index in [0.717, 1.165) is 5.56 Å². The summed E-state index contributed by atoms with van der Waals surface area (Å²) >= 11 is 5.97. The predicted molar refractivity (Wildman–Crippen MR) is 70.5 cm³/mol. The van der Waals surface area contributed by atoms with Gasteiger partial charge in [-0.2, -0.15) is 5.26 Å². The van der Waals surface area contributed by atoms with Gasteiger partial charge in [-0.05, 0) is 36.8 Å². The van der Waals surface area contributed by atoms with Crippen molar-refractivity contribution in [1.29, 1.82) is 5.26 Å². The second kappa shape index (κ2) is 5.25. The van der Waals surface area contributed by atoms with Crippen molar-refractivity contribution in [1.82, 2.24) is 0 Å². The Morgan fingerprint density at radius 1 is 1.11 bits per heavy atom. The predicted octanol–water partition coefficient (Wildman–Crippen LogP) is 4.54. The molecule has 0 fully saturated rings. The second-order valence-corrected chi connectivity index (χ2v) is 4.42. The molecular formula is C14H9ClF2N2. The van der Waals surface area contributed by atoms with Crippen LogP contribution in [0.15, 0.2) is 30.3 Å². The molecule has 0 heterocycles. The molecule has 0 aromatic heterocycles. The minimum absolute atomic E-state index is 0.0657. The number of benzene rings is 2. The molecule has 96 valence electrons. The fourth-order valence-corrected chi connectivity index (χ4v) is 1.78. The molecule has 0 saturated carbocycles. The number of nitrogens with zero attached hydrogens (tertiary/aromatic N) is 1. The SMILES string of the molecule is Cc1ccc(Cl)c(Nc2ccc(C#N)c(F)c2F)c1. The van der Waals surface area contributed by atoms with Crippen molar-refractivity contribution in [3.63, 3.8) is 0 Å². The zero-order valence-electron chi connectivity index (χ0n) is 9.97. The van der Waals surface area contributed by atoms with Crippen molar-refractivity contribution < 1.29 is 8.78 Å². The average Bonchev–Trinajstić information content (AvgIpc) is 2.39. The minimum atomic E-state index is -1.17. The molecule has 0 amide bonds. The molecule has 0 unspecified atom stereocenters. The molecule has 0 saturated heterocycles. The maximum Gasteiger partial charge on any atom is 0.183 e. The smallest absolute Gasteiger partial charge is 0.183 e. The van der Waals surface area contributed by atoms with Crippen molar-refractivity contribution in [3.05, 3.63) is 58.1 Å². The second-order valence-electron chi connectivity index (χ2n) is 4.01. The van der Waals surface area contributed by atoms with Gasteiger partial charge < -0.3 is 5.32 Å². The van der Waals surface area contributed by atoms with Crippen LogP contribution < -0.4 is 5.32 Å². The van der Waals surface area contributed by atoms with Gasteiger partial charge in [0.05, 0.1) is 22.0 Å². The zero-order valence-corrected chi connectivity index (χ0v) is 10.7. The highest BCUT2D eigenvalue weighted by molar-refractivity contribution is 6.33. The van der Waals surface area contributed by atoms with Crippen LogP contribution in [0.5, 0.6) is 0 Å². The lowest BCUT2D eigenvalue weighted by atomic mass is 10.1. The topological polar surface area (TPSA) is 35.8 Å². The first-order valence-electron chi connectivity index (χ1n) is 5.44. The Balaban J connectivity index is 2.42. The molecule has 0 atom stereocenters. The normalized spacial score (nSPS) is 10.1. The van der Waals surface area contributed by atoms with Crippen molar-refractivity contribution in [2.75, 3.05) is 5.32 Å². The Morgan fingerprint density at radius 3 is 2.53 bits per heavy atom. The first kappa shape index (κ1) is 13.3. The first-order chi connectivity index (χ1) is 9.02. The summed E-state index contributed by atoms with van der Waals surface area (Å²) in [5, 5.41) is 11.7. The summed E-state index contributed by atoms with van der Waals surface area (Å²) in [7, 11) is 0. The quantitative estimate of drug-likeness (QED) is 0.875. The molecule has 0 spiro atoms. The van der Waals surface area contributed by atoms with E-state index in [1.165, 1.54) is 12.1 Å². The van der Waals surface area contributed by atoms with Gasteiger partial charge in [-0.25, -0.2) is 8.78 Å². The van der Waals surface area contributed by atoms with E-state index in [0.29, 0.717) is 10.7 Å². The number of nitriles is 1. The number of rotatable bonds is 2. The molecular weight excluding hydrogens is 270 g/mol. The van der Waals surface area contributed by atoms with Crippen LogP contribution >= 0.6 is 11.6 Å². The third kappa shape index (κ3) is 2.67. The number of hydrogen-bond donors (Lipinski definition) is 1. The summed E-state index contributed by atoms with van der Waals surface area (Å²) in [6, 6.07) is 9.29. The highest BCUT2D eigenvalue weighted by Gasteiger charge is 2.14. The van der Waals surface area contributed by atoms with Crippen LogP contribution in [-0.4, -0.2) is 0 Å². The molecule has 0 aliphatic rings. The molecule has 2 aromatic carbocycles. The van der Waals surface area contributed by atoms with Gasteiger partial charge in [0.1, 0.15) is 6.07 Å². The van der Waals surface area contributed by atoms with E-state index in [1.807, 2.05) is 13.0 Å². The number of nitrogens with one attached hydrogen (secondary N) is 1. The summed E-state index contributed by atoms with van der Waals surface area (Å²) in [4.78, 5) is 0. The summed E-state index contributed by atoms with van der Waals surface area (Å²) in [5.41, 5.74) is 1.01. The van der Waals surface area contributed by atoms with Gasteiger partial charge >= 0.3 is 0 Å². The van der Waals surface area contributed by atoms with Crippen LogP contribution in [0.25, 0.3) is 0 Å². The van der Waals surface area contributed by atoms with E-state index in [4.69, 9.17) is 16.9 Å². The Morgan fingerprint density at radius 2 is 1.84 bits per heavy atom. The van der Waals surface area contributed by atoms with Crippen molar-refractivity contribution >= 4 is 23.0 Å². The third-order valence-electron chi connectivity index (χ3n) is 2.59. The largest absolute Gasteiger partial charge is 0.352 e. The summed E-state index contributed by atoms with van der Waals surface area (Å²) in [5.74, 6) is -2.27. The van der Waals surface area contributed by atoms with Crippen molar-refractivity contribution in [2.45, 2.75) is 6.92 Å². The zero-order chi connectivity index (χ0) is 14.0. The van der Waals surface area contributed by atoms with Crippen LogP contribution in [-0.2, 0) is 0 Å². The van der Waals surface area contributed by atoms with E-state index in [2.05, 4.69) is 5.32 Å². The van der Waals surface area contributed by atoms with Gasteiger partial charge in [-0.15, -0.1) is 0 Å². The molecule has 0 aliphatic carbocycles. The van der Waals surface area contributed by atoms with Crippen LogP contribution in [0.4, 0.5) is 20.2 Å². The molecule has 0 radical (unpaired) electrons. The Bertz CT molecular complexity index is 678. The lowest BCUT2D eigenvalue weighted by Crippen LogP contribution is -1.99. The molecule has 1 N–H and O–H groups in total. The number of aryl methyl sites for hydroxylation is 1. The fourth-order valence-electron chi connectivity index (χ4n) is 1.61. The van der Waals surface area contributed by atoms with Crippen molar-refractivity contribution in [3.8, 4) is 6.07 Å². The van der Waals surface area contributed by atoms with E-state index in [9.17, 15) is 8.78 Å². The minimum Gasteiger partial charge on any atom is -0.352 e. The van der Waals surface area contributed by atoms with Gasteiger partial charge in [-0.3, -0.25) is 0 Å². The summed E-state index contributed by atoms with van der Waals surface area (Å²) in [6.07, 6.45) is 0. The van der Waals surface area contributed by atoms with Gasteiger partial charge in [0.15, 0.2) is 11.6 Å². The molecule has 0 aliphatic heterocycles. The molecule has 2 aromatic rings. The third-order valence-corrected chi connectivity index (χ3v) is 2.92.